The lowest BCUT2D eigenvalue weighted by atomic mass is 10.1. The minimum absolute atomic E-state index is 0.138. The second-order valence-electron chi connectivity index (χ2n) is 4.98. The Hall–Kier alpha value is -2.36. The van der Waals surface area contributed by atoms with Crippen molar-refractivity contribution in [3.8, 4) is 0 Å². The maximum absolute atomic E-state index is 12.1. The molecule has 4 heteroatoms. The minimum atomic E-state index is -0.138. The van der Waals surface area contributed by atoms with E-state index in [1.165, 1.54) is 0 Å². The van der Waals surface area contributed by atoms with Gasteiger partial charge in [-0.25, -0.2) is 4.79 Å². The van der Waals surface area contributed by atoms with E-state index in [1.807, 2.05) is 44.2 Å². The number of hydrogen-bond acceptors (Lipinski definition) is 2. The molecule has 0 saturated carbocycles. The predicted molar refractivity (Wildman–Crippen MR) is 80.6 cm³/mol. The van der Waals surface area contributed by atoms with Crippen molar-refractivity contribution in [2.45, 2.75) is 20.4 Å². The molecule has 0 saturated heterocycles. The third-order valence-corrected chi connectivity index (χ3v) is 2.94. The molecule has 2 amide bonds. The Morgan fingerprint density at radius 2 is 1.90 bits per heavy atom. The van der Waals surface area contributed by atoms with Gasteiger partial charge in [-0.2, -0.15) is 0 Å². The molecule has 1 aromatic carbocycles. The first kappa shape index (κ1) is 14.1. The van der Waals surface area contributed by atoms with E-state index >= 15 is 0 Å². The van der Waals surface area contributed by atoms with Gasteiger partial charge in [-0.3, -0.25) is 4.98 Å². The summed E-state index contributed by atoms with van der Waals surface area (Å²) in [5.41, 5.74) is 3.95. The zero-order chi connectivity index (χ0) is 14.5. The summed E-state index contributed by atoms with van der Waals surface area (Å²) in [7, 11) is 1.76. The van der Waals surface area contributed by atoms with E-state index in [1.54, 1.807) is 18.1 Å². The van der Waals surface area contributed by atoms with Crippen LogP contribution >= 0.6 is 0 Å². The highest BCUT2D eigenvalue weighted by Crippen LogP contribution is 2.14. The summed E-state index contributed by atoms with van der Waals surface area (Å²) < 4.78 is 0. The molecule has 104 valence electrons. The summed E-state index contributed by atoms with van der Waals surface area (Å²) in [4.78, 5) is 18.0. The quantitative estimate of drug-likeness (QED) is 0.928. The van der Waals surface area contributed by atoms with E-state index < -0.39 is 0 Å². The SMILES string of the molecule is Cc1cc(C)cc(NC(=O)N(C)Cc2ccccn2)c1. The summed E-state index contributed by atoms with van der Waals surface area (Å²) in [5.74, 6) is 0. The second kappa shape index (κ2) is 6.19. The molecule has 0 aliphatic rings. The highest BCUT2D eigenvalue weighted by molar-refractivity contribution is 5.89. The lowest BCUT2D eigenvalue weighted by molar-refractivity contribution is 0.220. The van der Waals surface area contributed by atoms with Crippen LogP contribution in [-0.2, 0) is 6.54 Å². The lowest BCUT2D eigenvalue weighted by Crippen LogP contribution is -2.31. The number of carbonyl (C=O) groups excluding carboxylic acids is 1. The van der Waals surface area contributed by atoms with Gasteiger partial charge in [-0.1, -0.05) is 12.1 Å². The monoisotopic (exact) mass is 269 g/mol. The van der Waals surface area contributed by atoms with Crippen LogP contribution in [0.15, 0.2) is 42.6 Å². The van der Waals surface area contributed by atoms with E-state index in [2.05, 4.69) is 16.4 Å². The van der Waals surface area contributed by atoms with E-state index in [0.717, 1.165) is 22.5 Å². The van der Waals surface area contributed by atoms with Gasteiger partial charge in [0.2, 0.25) is 0 Å². The molecule has 1 heterocycles. The zero-order valence-electron chi connectivity index (χ0n) is 12.1. The summed E-state index contributed by atoms with van der Waals surface area (Å²) in [6.45, 7) is 4.51. The van der Waals surface area contributed by atoms with Gasteiger partial charge >= 0.3 is 6.03 Å². The molecule has 4 nitrogen and oxygen atoms in total. The first-order valence-corrected chi connectivity index (χ1v) is 6.55. The summed E-state index contributed by atoms with van der Waals surface area (Å²) in [6, 6.07) is 11.5. The van der Waals surface area contributed by atoms with Crippen molar-refractivity contribution in [2.75, 3.05) is 12.4 Å². The average molecular weight is 269 g/mol. The number of anilines is 1. The number of hydrogen-bond donors (Lipinski definition) is 1. The van der Waals surface area contributed by atoms with Gasteiger partial charge < -0.3 is 10.2 Å². The fourth-order valence-corrected chi connectivity index (χ4v) is 2.07. The average Bonchev–Trinajstić information content (AvgIpc) is 2.38. The van der Waals surface area contributed by atoms with E-state index in [9.17, 15) is 4.79 Å². The molecule has 0 fully saturated rings. The molecule has 20 heavy (non-hydrogen) atoms. The second-order valence-corrected chi connectivity index (χ2v) is 4.98. The number of urea groups is 1. The Kier molecular flexibility index (Phi) is 4.35. The fraction of sp³-hybridized carbons (Fsp3) is 0.250. The van der Waals surface area contributed by atoms with Crippen LogP contribution in [-0.4, -0.2) is 23.0 Å². The summed E-state index contributed by atoms with van der Waals surface area (Å²) in [5, 5.41) is 2.90. The van der Waals surface area contributed by atoms with Crippen molar-refractivity contribution in [1.82, 2.24) is 9.88 Å². The molecule has 0 unspecified atom stereocenters. The topological polar surface area (TPSA) is 45.2 Å². The highest BCUT2D eigenvalue weighted by Gasteiger charge is 2.10. The van der Waals surface area contributed by atoms with Crippen molar-refractivity contribution in [3.05, 3.63) is 59.4 Å². The third-order valence-electron chi connectivity index (χ3n) is 2.94. The highest BCUT2D eigenvalue weighted by atomic mass is 16.2. The molecular formula is C16H19N3O. The van der Waals surface area contributed by atoms with Gasteiger partial charge in [0.25, 0.3) is 0 Å². The molecule has 0 bridgehead atoms. The molecular weight excluding hydrogens is 250 g/mol. The molecule has 0 spiro atoms. The normalized spacial score (nSPS) is 10.2. The van der Waals surface area contributed by atoms with Crippen molar-refractivity contribution in [3.63, 3.8) is 0 Å². The van der Waals surface area contributed by atoms with Crippen LogP contribution in [0.25, 0.3) is 0 Å². The maximum atomic E-state index is 12.1. The number of amides is 2. The van der Waals surface area contributed by atoms with Gasteiger partial charge in [0.1, 0.15) is 0 Å². The first-order valence-electron chi connectivity index (χ1n) is 6.55. The molecule has 1 N–H and O–H groups in total. The van der Waals surface area contributed by atoms with Crippen LogP contribution in [0.1, 0.15) is 16.8 Å². The number of nitrogens with one attached hydrogen (secondary N) is 1. The van der Waals surface area contributed by atoms with Crippen molar-refractivity contribution < 1.29 is 4.79 Å². The number of pyridine rings is 1. The van der Waals surface area contributed by atoms with Crippen LogP contribution < -0.4 is 5.32 Å². The number of aryl methyl sites for hydroxylation is 2. The molecule has 0 atom stereocenters. The number of rotatable bonds is 3. The zero-order valence-corrected chi connectivity index (χ0v) is 12.1. The molecule has 2 rings (SSSR count). The smallest absolute Gasteiger partial charge is 0.321 e. The first-order chi connectivity index (χ1) is 9.54. The Balaban J connectivity index is 2.00. The number of benzene rings is 1. The van der Waals surface area contributed by atoms with Gasteiger partial charge in [-0.05, 0) is 49.2 Å². The number of aromatic nitrogens is 1. The van der Waals surface area contributed by atoms with Gasteiger partial charge in [0, 0.05) is 18.9 Å². The Morgan fingerprint density at radius 1 is 1.20 bits per heavy atom. The van der Waals surface area contributed by atoms with E-state index in [4.69, 9.17) is 0 Å². The van der Waals surface area contributed by atoms with Gasteiger partial charge in [0.15, 0.2) is 0 Å². The molecule has 1 aromatic heterocycles. The van der Waals surface area contributed by atoms with Crippen LogP contribution in [0.2, 0.25) is 0 Å². The van der Waals surface area contributed by atoms with Crippen molar-refractivity contribution in [2.24, 2.45) is 0 Å². The Bertz CT molecular complexity index is 576. The number of nitrogens with zero attached hydrogens (tertiary/aromatic N) is 2. The fourth-order valence-electron chi connectivity index (χ4n) is 2.07. The summed E-state index contributed by atoms with van der Waals surface area (Å²) >= 11 is 0. The molecule has 0 radical (unpaired) electrons. The third kappa shape index (κ3) is 3.82. The molecule has 0 aliphatic heterocycles. The standard InChI is InChI=1S/C16H19N3O/c1-12-8-13(2)10-15(9-12)18-16(20)19(3)11-14-6-4-5-7-17-14/h4-10H,11H2,1-3H3,(H,18,20). The predicted octanol–water partition coefficient (Wildman–Crippen LogP) is 3.36. The van der Waals surface area contributed by atoms with Crippen LogP contribution in [0.4, 0.5) is 10.5 Å². The van der Waals surface area contributed by atoms with E-state index in [0.29, 0.717) is 6.54 Å². The Morgan fingerprint density at radius 3 is 2.50 bits per heavy atom. The van der Waals surface area contributed by atoms with Crippen molar-refractivity contribution >= 4 is 11.7 Å². The van der Waals surface area contributed by atoms with Crippen molar-refractivity contribution in [1.29, 1.82) is 0 Å². The molecule has 2 aromatic rings. The van der Waals surface area contributed by atoms with Gasteiger partial charge in [-0.15, -0.1) is 0 Å². The van der Waals surface area contributed by atoms with Crippen LogP contribution in [0.5, 0.6) is 0 Å². The lowest BCUT2D eigenvalue weighted by Gasteiger charge is -2.18. The largest absolute Gasteiger partial charge is 0.322 e. The minimum Gasteiger partial charge on any atom is -0.322 e. The number of carbonyl (C=O) groups is 1. The molecule has 0 aliphatic carbocycles. The Labute approximate surface area is 119 Å². The van der Waals surface area contributed by atoms with Crippen LogP contribution in [0, 0.1) is 13.8 Å². The van der Waals surface area contributed by atoms with Crippen LogP contribution in [0.3, 0.4) is 0 Å². The van der Waals surface area contributed by atoms with Gasteiger partial charge in [0.05, 0.1) is 12.2 Å². The maximum Gasteiger partial charge on any atom is 0.321 e. The van der Waals surface area contributed by atoms with E-state index in [-0.39, 0.29) is 6.03 Å². The summed E-state index contributed by atoms with van der Waals surface area (Å²) in [6.07, 6.45) is 1.73.